The largest absolute Gasteiger partial charge is 0.354 e. The Morgan fingerprint density at radius 3 is 2.87 bits per heavy atom. The second-order valence-electron chi connectivity index (χ2n) is 4.07. The summed E-state index contributed by atoms with van der Waals surface area (Å²) < 4.78 is 13.0. The van der Waals surface area contributed by atoms with Crippen LogP contribution in [0.3, 0.4) is 0 Å². The molecule has 15 heavy (non-hydrogen) atoms. The maximum absolute atomic E-state index is 13.0. The third-order valence-electron chi connectivity index (χ3n) is 2.75. The lowest BCUT2D eigenvalue weighted by Gasteiger charge is -2.16. The molecule has 1 aromatic rings. The molecular weight excluding hydrogens is 193 g/mol. The maximum Gasteiger partial charge on any atom is 0.128 e. The van der Waals surface area contributed by atoms with Gasteiger partial charge in [-0.05, 0) is 25.0 Å². The molecule has 0 aromatic carbocycles. The van der Waals surface area contributed by atoms with E-state index in [1.807, 2.05) is 24.0 Å². The molecule has 1 fully saturated rings. The van der Waals surface area contributed by atoms with Gasteiger partial charge in [0, 0.05) is 18.8 Å². The average Bonchev–Trinajstić information content (AvgIpc) is 2.65. The number of pyridine rings is 1. The molecule has 2 N–H and O–H groups in total. The number of hydrogen-bond acceptors (Lipinski definition) is 3. The first-order chi connectivity index (χ1) is 7.16. The number of alkyl halides is 1. The molecule has 0 spiro atoms. The summed E-state index contributed by atoms with van der Waals surface area (Å²) in [4.78, 5) is 6.26. The van der Waals surface area contributed by atoms with Crippen molar-refractivity contribution in [2.24, 2.45) is 5.73 Å². The molecule has 3 nitrogen and oxygen atoms in total. The van der Waals surface area contributed by atoms with Crippen molar-refractivity contribution >= 4 is 5.82 Å². The van der Waals surface area contributed by atoms with E-state index in [4.69, 9.17) is 5.73 Å². The Bertz CT molecular complexity index is 323. The highest BCUT2D eigenvalue weighted by molar-refractivity contribution is 5.41. The third-order valence-corrected chi connectivity index (χ3v) is 2.75. The summed E-state index contributed by atoms with van der Waals surface area (Å²) >= 11 is 0. The molecule has 0 radical (unpaired) electrons. The van der Waals surface area contributed by atoms with Crippen LogP contribution in [-0.4, -0.2) is 24.2 Å². The Kier molecular flexibility index (Phi) is 2.86. The lowest BCUT2D eigenvalue weighted by atomic mass is 10.1. The average molecular weight is 209 g/mol. The highest BCUT2D eigenvalue weighted by atomic mass is 19.1. The molecule has 1 aliphatic heterocycles. The number of aromatic nitrogens is 1. The van der Waals surface area contributed by atoms with Crippen LogP contribution in [0.4, 0.5) is 10.2 Å². The highest BCUT2D eigenvalue weighted by Gasteiger charge is 2.22. The van der Waals surface area contributed by atoms with E-state index in [0.29, 0.717) is 13.0 Å². The topological polar surface area (TPSA) is 42.1 Å². The van der Waals surface area contributed by atoms with Crippen molar-refractivity contribution in [2.45, 2.75) is 25.6 Å². The van der Waals surface area contributed by atoms with Gasteiger partial charge >= 0.3 is 0 Å². The molecule has 2 heterocycles. The lowest BCUT2D eigenvalue weighted by molar-refractivity contribution is 0.364. The first-order valence-electron chi connectivity index (χ1n) is 5.27. The summed E-state index contributed by atoms with van der Waals surface area (Å²) in [5, 5.41) is 0. The number of anilines is 1. The Hall–Kier alpha value is -1.16. The minimum absolute atomic E-state index is 0.000878. The molecule has 2 atom stereocenters. The summed E-state index contributed by atoms with van der Waals surface area (Å²) in [5.41, 5.74) is 6.73. The van der Waals surface area contributed by atoms with Gasteiger partial charge in [0.05, 0.1) is 6.54 Å². The lowest BCUT2D eigenvalue weighted by Crippen LogP contribution is -2.21. The van der Waals surface area contributed by atoms with Gasteiger partial charge in [0.25, 0.3) is 0 Å². The number of halogens is 1. The van der Waals surface area contributed by atoms with Crippen molar-refractivity contribution in [3.05, 3.63) is 23.9 Å². The van der Waals surface area contributed by atoms with Gasteiger partial charge in [-0.2, -0.15) is 0 Å². The van der Waals surface area contributed by atoms with Crippen molar-refractivity contribution in [1.29, 1.82) is 0 Å². The molecule has 1 saturated heterocycles. The summed E-state index contributed by atoms with van der Waals surface area (Å²) in [6, 6.07) is 3.87. The molecule has 82 valence electrons. The van der Waals surface area contributed by atoms with E-state index in [0.717, 1.165) is 17.9 Å². The van der Waals surface area contributed by atoms with Gasteiger partial charge < -0.3 is 10.6 Å². The van der Waals surface area contributed by atoms with Crippen LogP contribution in [0.2, 0.25) is 0 Å². The molecule has 0 saturated carbocycles. The summed E-state index contributed by atoms with van der Waals surface area (Å²) in [7, 11) is 0. The van der Waals surface area contributed by atoms with Crippen LogP contribution in [0.5, 0.6) is 0 Å². The van der Waals surface area contributed by atoms with Crippen molar-refractivity contribution in [3.8, 4) is 0 Å². The van der Waals surface area contributed by atoms with E-state index in [1.165, 1.54) is 0 Å². The minimum atomic E-state index is -0.708. The predicted octanol–water partition coefficient (Wildman–Crippen LogP) is 1.65. The second kappa shape index (κ2) is 4.14. The van der Waals surface area contributed by atoms with Crippen LogP contribution in [0.1, 0.15) is 24.9 Å². The van der Waals surface area contributed by atoms with Crippen LogP contribution in [-0.2, 0) is 0 Å². The Labute approximate surface area is 89.1 Å². The Morgan fingerprint density at radius 1 is 1.60 bits per heavy atom. The van der Waals surface area contributed by atoms with E-state index >= 15 is 0 Å². The molecule has 2 rings (SSSR count). The SMILES string of the molecule is CC(N)c1ccc(N2CC[C@@H](F)C2)nc1. The number of nitrogens with zero attached hydrogens (tertiary/aromatic N) is 2. The molecule has 0 amide bonds. The first kappa shape index (κ1) is 10.4. The quantitative estimate of drug-likeness (QED) is 0.805. The zero-order valence-electron chi connectivity index (χ0n) is 8.86. The Balaban J connectivity index is 2.10. The molecule has 0 aliphatic carbocycles. The smallest absolute Gasteiger partial charge is 0.128 e. The van der Waals surface area contributed by atoms with E-state index in [2.05, 4.69) is 4.98 Å². The predicted molar refractivity (Wildman–Crippen MR) is 58.6 cm³/mol. The molecule has 1 aliphatic rings. The van der Waals surface area contributed by atoms with Crippen LogP contribution in [0, 0.1) is 0 Å². The highest BCUT2D eigenvalue weighted by Crippen LogP contribution is 2.20. The van der Waals surface area contributed by atoms with Gasteiger partial charge in [-0.3, -0.25) is 0 Å². The van der Waals surface area contributed by atoms with Gasteiger partial charge in [-0.25, -0.2) is 9.37 Å². The van der Waals surface area contributed by atoms with Crippen molar-refractivity contribution in [1.82, 2.24) is 4.98 Å². The van der Waals surface area contributed by atoms with Crippen LogP contribution in [0.25, 0.3) is 0 Å². The van der Waals surface area contributed by atoms with Gasteiger partial charge in [0.1, 0.15) is 12.0 Å². The van der Waals surface area contributed by atoms with E-state index in [1.54, 1.807) is 6.20 Å². The fourth-order valence-corrected chi connectivity index (χ4v) is 1.78. The molecular formula is C11H16FN3. The van der Waals surface area contributed by atoms with Crippen LogP contribution >= 0.6 is 0 Å². The zero-order valence-corrected chi connectivity index (χ0v) is 8.86. The normalized spacial score (nSPS) is 23.1. The van der Waals surface area contributed by atoms with Crippen LogP contribution in [0.15, 0.2) is 18.3 Å². The molecule has 4 heteroatoms. The zero-order chi connectivity index (χ0) is 10.8. The fraction of sp³-hybridized carbons (Fsp3) is 0.545. The number of hydrogen-bond donors (Lipinski definition) is 1. The fourth-order valence-electron chi connectivity index (χ4n) is 1.78. The van der Waals surface area contributed by atoms with Gasteiger partial charge in [0.2, 0.25) is 0 Å². The van der Waals surface area contributed by atoms with Gasteiger partial charge in [-0.1, -0.05) is 6.07 Å². The summed E-state index contributed by atoms with van der Waals surface area (Å²) in [6.45, 7) is 3.14. The van der Waals surface area contributed by atoms with Gasteiger partial charge in [-0.15, -0.1) is 0 Å². The number of rotatable bonds is 2. The molecule has 1 unspecified atom stereocenters. The van der Waals surface area contributed by atoms with Gasteiger partial charge in [0.15, 0.2) is 0 Å². The van der Waals surface area contributed by atoms with E-state index in [-0.39, 0.29) is 6.04 Å². The van der Waals surface area contributed by atoms with Crippen molar-refractivity contribution < 1.29 is 4.39 Å². The van der Waals surface area contributed by atoms with Crippen molar-refractivity contribution in [3.63, 3.8) is 0 Å². The second-order valence-corrected chi connectivity index (χ2v) is 4.07. The third kappa shape index (κ3) is 2.26. The Morgan fingerprint density at radius 2 is 2.40 bits per heavy atom. The summed E-state index contributed by atoms with van der Waals surface area (Å²) in [6.07, 6.45) is 1.67. The minimum Gasteiger partial charge on any atom is -0.354 e. The van der Waals surface area contributed by atoms with E-state index in [9.17, 15) is 4.39 Å². The monoisotopic (exact) mass is 209 g/mol. The maximum atomic E-state index is 13.0. The summed E-state index contributed by atoms with van der Waals surface area (Å²) in [5.74, 6) is 0.847. The van der Waals surface area contributed by atoms with Crippen LogP contribution < -0.4 is 10.6 Å². The van der Waals surface area contributed by atoms with E-state index < -0.39 is 6.17 Å². The standard InChI is InChI=1S/C11H16FN3/c1-8(13)9-2-3-11(14-6-9)15-5-4-10(12)7-15/h2-3,6,8,10H,4-5,7,13H2,1H3/t8?,10-/m1/s1. The molecule has 1 aromatic heterocycles. The van der Waals surface area contributed by atoms with Crippen molar-refractivity contribution in [2.75, 3.05) is 18.0 Å². The number of nitrogens with two attached hydrogens (primary N) is 1. The molecule has 0 bridgehead atoms. The first-order valence-corrected chi connectivity index (χ1v) is 5.27.